The van der Waals surface area contributed by atoms with Gasteiger partial charge in [-0.05, 0) is 157 Å². The minimum atomic E-state index is -0.900. The molecule has 0 unspecified atom stereocenters. The van der Waals surface area contributed by atoms with E-state index in [2.05, 4.69) is 349 Å². The zero-order chi connectivity index (χ0) is 77.9. The second-order valence-corrected chi connectivity index (χ2v) is 30.6. The van der Waals surface area contributed by atoms with Crippen molar-refractivity contribution >= 4 is 11.0 Å². The topological polar surface area (TPSA) is 35.2 Å². The van der Waals surface area contributed by atoms with E-state index >= 15 is 0 Å². The van der Waals surface area contributed by atoms with Gasteiger partial charge in [0, 0.05) is 37.5 Å². The summed E-state index contributed by atoms with van der Waals surface area (Å²) in [6.45, 7) is 42.8. The van der Waals surface area contributed by atoms with Crippen molar-refractivity contribution in [1.29, 1.82) is 0 Å². The summed E-state index contributed by atoms with van der Waals surface area (Å²) in [5.74, 6) is 4.46. The van der Waals surface area contributed by atoms with Gasteiger partial charge in [-0.3, -0.25) is 0 Å². The average Bonchev–Trinajstić information content (AvgIpc) is 1.68. The number of fused-ring (bicyclic) bond motifs is 1. The number of nitrogens with zero attached hydrogens (tertiary/aromatic N) is 8. The Hall–Kier alpha value is -9.92. The average molecular weight is 1390 g/mol. The van der Waals surface area contributed by atoms with Crippen molar-refractivity contribution in [2.45, 2.75) is 186 Å². The highest BCUT2D eigenvalue weighted by Crippen LogP contribution is 2.41. The molecule has 8 nitrogen and oxygen atoms in total. The van der Waals surface area contributed by atoms with Gasteiger partial charge in [0.1, 0.15) is 59.9 Å². The minimum Gasteiger partial charge on any atom is -0.232 e. The summed E-state index contributed by atoms with van der Waals surface area (Å²) in [5, 5.41) is 0. The van der Waals surface area contributed by atoms with Gasteiger partial charge in [0.25, 0.3) is 23.3 Å². The summed E-state index contributed by atoms with van der Waals surface area (Å²) in [5.41, 5.74) is 26.8. The highest BCUT2D eigenvalue weighted by Gasteiger charge is 2.32. The van der Waals surface area contributed by atoms with Gasteiger partial charge in [-0.15, -0.1) is 0 Å². The molecule has 538 valence electrons. The lowest BCUT2D eigenvalue weighted by molar-refractivity contribution is -0.659. The van der Waals surface area contributed by atoms with E-state index in [4.69, 9.17) is 4.11 Å². The van der Waals surface area contributed by atoms with Crippen molar-refractivity contribution in [3.63, 3.8) is 0 Å². The van der Waals surface area contributed by atoms with E-state index in [1.54, 1.807) is 0 Å². The zero-order valence-electron chi connectivity index (χ0n) is 69.9. The number of rotatable bonds is 16. The molecular weight excluding hydrogens is 1270 g/mol. The number of para-hydroxylation sites is 4. The van der Waals surface area contributed by atoms with Gasteiger partial charge >= 0.3 is 0 Å². The number of imidazole rings is 4. The van der Waals surface area contributed by atoms with Crippen LogP contribution in [0.25, 0.3) is 79.3 Å². The molecule has 0 aliphatic heterocycles. The molecule has 0 amide bonds. The molecule has 13 aromatic rings. The van der Waals surface area contributed by atoms with Crippen molar-refractivity contribution in [3.05, 3.63) is 298 Å². The Balaban J connectivity index is 0.000000153. The number of hydrogen-bond donors (Lipinski definition) is 0. The van der Waals surface area contributed by atoms with Crippen molar-refractivity contribution in [3.8, 4) is 68.3 Å². The van der Waals surface area contributed by atoms with Crippen molar-refractivity contribution in [1.82, 2.24) is 18.3 Å². The Morgan fingerprint density at radius 3 is 0.962 bits per heavy atom. The first-order valence-corrected chi connectivity index (χ1v) is 37.5. The Morgan fingerprint density at radius 2 is 0.615 bits per heavy atom. The van der Waals surface area contributed by atoms with E-state index in [9.17, 15) is 0 Å². The van der Waals surface area contributed by atoms with E-state index < -0.39 is 17.7 Å². The third-order valence-corrected chi connectivity index (χ3v) is 20.5. The Labute approximate surface area is 628 Å². The highest BCUT2D eigenvalue weighted by molar-refractivity contribution is 5.80. The standard InChI is InChI=1S/2C26H35N2.C23H29N2.C21H19N2/c2*1-17(2)21-15-23(18(3)4)25(24(16-21)19(5)6)28-14-13-27(8)26(28)22-12-10-9-11-20(22)7;1-16(2)19-12-9-13-20(17(3)4)22(19)25-15-14-24(6)23(25)21-11-8-7-10-18(21)5;1-16-10-6-7-13-18(16)21-22(2)19-14-8-9-15-20(19)23(21)17-11-4-3-5-12-17/h2*9-19H,1-8H3;7-17H,1-6H3;3-15H,1-2H3/q4*+1/i17D,18D,19D;;;. The van der Waals surface area contributed by atoms with Crippen LogP contribution in [0, 0.1) is 27.7 Å². The number of benzene rings is 9. The van der Waals surface area contributed by atoms with Gasteiger partial charge in [0.15, 0.2) is 11.0 Å². The SMILES string of the molecule is Cc1ccccc1-c1n(-c2c(C(C)C)cc(C(C)C)cc2C(C)C)cc[n+]1C.Cc1ccccc1-c1n(-c2c(C(C)C)cccc2C(C)C)cc[n+]1C.Cc1ccccc1-c1n(-c2ccccc2)c2ccccc2[n+]1C.[2H]C(C)(C)c1cc(C([2H])(C)C)c(-n2cc[n+](C)c2-c2ccccc2C)c(C([2H])(C)C)c1. The van der Waals surface area contributed by atoms with E-state index in [1.165, 1.54) is 112 Å². The summed E-state index contributed by atoms with van der Waals surface area (Å²) >= 11 is 0. The molecule has 0 saturated heterocycles. The number of aryl methyl sites for hydroxylation is 8. The van der Waals surface area contributed by atoms with E-state index in [0.29, 0.717) is 29.6 Å². The molecule has 0 bridgehead atoms. The second-order valence-electron chi connectivity index (χ2n) is 30.6. The Kier molecular flexibility index (Phi) is 23.2. The monoisotopic (exact) mass is 1390 g/mol. The highest BCUT2D eigenvalue weighted by atomic mass is 15.2. The van der Waals surface area contributed by atoms with Gasteiger partial charge in [0.05, 0.1) is 50.4 Å². The molecule has 0 fully saturated rings. The molecule has 0 radical (unpaired) electrons. The molecule has 0 saturated carbocycles. The van der Waals surface area contributed by atoms with Crippen molar-refractivity contribution in [2.75, 3.05) is 0 Å². The first kappa shape index (κ1) is 72.4. The smallest absolute Gasteiger partial charge is 0.232 e. The molecular formula is C96H118N8+4. The molecule has 0 aliphatic carbocycles. The van der Waals surface area contributed by atoms with Crippen LogP contribution in [0.4, 0.5) is 0 Å². The predicted octanol–water partition coefficient (Wildman–Crippen LogP) is 23.2. The number of aromatic nitrogens is 8. The van der Waals surface area contributed by atoms with Crippen molar-refractivity contribution in [2.24, 2.45) is 28.2 Å². The quantitative estimate of drug-likeness (QED) is 0.0865. The minimum absolute atomic E-state index is 0.462. The first-order valence-electron chi connectivity index (χ1n) is 39.0. The second kappa shape index (κ2) is 33.2. The van der Waals surface area contributed by atoms with E-state index in [1.807, 2.05) is 85.2 Å². The number of hydrogen-bond acceptors (Lipinski definition) is 0. The summed E-state index contributed by atoms with van der Waals surface area (Å²) in [4.78, 5) is 0. The maximum atomic E-state index is 8.95. The van der Waals surface area contributed by atoms with Crippen LogP contribution in [-0.2, 0) is 28.2 Å². The molecule has 4 aromatic heterocycles. The van der Waals surface area contributed by atoms with Crippen LogP contribution in [-0.4, -0.2) is 18.3 Å². The van der Waals surface area contributed by atoms with Crippen LogP contribution in [0.1, 0.15) is 229 Å². The van der Waals surface area contributed by atoms with Crippen LogP contribution >= 0.6 is 0 Å². The normalized spacial score (nSPS) is 12.3. The fourth-order valence-electron chi connectivity index (χ4n) is 14.6. The van der Waals surface area contributed by atoms with Gasteiger partial charge in [-0.1, -0.05) is 256 Å². The van der Waals surface area contributed by atoms with Gasteiger partial charge in [-0.25, -0.2) is 18.3 Å². The lowest BCUT2D eigenvalue weighted by atomic mass is 9.87. The van der Waals surface area contributed by atoms with E-state index in [0.717, 1.165) is 33.8 Å². The Morgan fingerprint density at radius 1 is 0.298 bits per heavy atom. The zero-order valence-corrected chi connectivity index (χ0v) is 66.9. The van der Waals surface area contributed by atoms with Crippen molar-refractivity contribution < 1.29 is 22.4 Å². The third kappa shape index (κ3) is 16.1. The molecule has 4 heterocycles. The first-order chi connectivity index (χ1) is 50.5. The van der Waals surface area contributed by atoms with Gasteiger partial charge in [0.2, 0.25) is 0 Å². The van der Waals surface area contributed by atoms with Crippen LogP contribution in [0.15, 0.2) is 231 Å². The van der Waals surface area contributed by atoms with E-state index in [-0.39, 0.29) is 0 Å². The van der Waals surface area contributed by atoms with Crippen LogP contribution in [0.3, 0.4) is 0 Å². The fourth-order valence-corrected chi connectivity index (χ4v) is 14.6. The maximum absolute atomic E-state index is 8.95. The summed E-state index contributed by atoms with van der Waals surface area (Å²) in [6.07, 6.45) is 12.8. The van der Waals surface area contributed by atoms with Crippen LogP contribution < -0.4 is 18.3 Å². The van der Waals surface area contributed by atoms with Gasteiger partial charge < -0.3 is 0 Å². The molecule has 0 aliphatic rings. The molecule has 13 rings (SSSR count). The lowest BCUT2D eigenvalue weighted by Gasteiger charge is -2.21. The van der Waals surface area contributed by atoms with Crippen LogP contribution in [0.2, 0.25) is 0 Å². The van der Waals surface area contributed by atoms with Crippen LogP contribution in [0.5, 0.6) is 0 Å². The van der Waals surface area contributed by atoms with Gasteiger partial charge in [-0.2, -0.15) is 18.3 Å². The largest absolute Gasteiger partial charge is 0.295 e. The summed E-state index contributed by atoms with van der Waals surface area (Å²) < 4.78 is 44.6. The molecule has 8 heteroatoms. The third-order valence-electron chi connectivity index (χ3n) is 20.5. The molecule has 0 spiro atoms. The molecule has 9 aromatic carbocycles. The molecule has 0 N–H and O–H groups in total. The molecule has 104 heavy (non-hydrogen) atoms. The summed E-state index contributed by atoms with van der Waals surface area (Å²) in [6, 6.07) is 68.9. The maximum Gasteiger partial charge on any atom is 0.295 e. The Bertz CT molecular complexity index is 5170. The molecule has 0 atom stereocenters. The predicted molar refractivity (Wildman–Crippen MR) is 439 cm³/mol. The fraction of sp³-hybridized carbons (Fsp3) is 0.333. The lowest BCUT2D eigenvalue weighted by Crippen LogP contribution is -2.30. The summed E-state index contributed by atoms with van der Waals surface area (Å²) in [7, 11) is 8.44.